The number of hydrogen-bond acceptors (Lipinski definition) is 17. The highest BCUT2D eigenvalue weighted by Crippen LogP contribution is 2.58. The first kappa shape index (κ1) is 76.9. The van der Waals surface area contributed by atoms with Crippen molar-refractivity contribution in [3.05, 3.63) is 155 Å². The molecule has 0 N–H and O–H groups in total. The van der Waals surface area contributed by atoms with Crippen LogP contribution in [0.1, 0.15) is 132 Å². The number of aromatic nitrogens is 2. The monoisotopic (exact) mass is 1550 g/mol. The minimum Gasteiger partial charge on any atom is -0.465 e. The first-order valence-corrected chi connectivity index (χ1v) is 35.9. The van der Waals surface area contributed by atoms with Crippen molar-refractivity contribution in [2.24, 2.45) is 23.7 Å². The Morgan fingerprint density at radius 1 is 0.514 bits per heavy atom. The minimum absolute atomic E-state index is 0.00773. The molecule has 105 heavy (non-hydrogen) atoms. The number of alkyl halides is 15. The van der Waals surface area contributed by atoms with Gasteiger partial charge in [-0.05, 0) is 195 Å². The topological polar surface area (TPSA) is 185 Å². The number of rotatable bonds is 21. The van der Waals surface area contributed by atoms with Gasteiger partial charge < -0.3 is 37.5 Å². The van der Waals surface area contributed by atoms with Gasteiger partial charge in [-0.25, -0.2) is 9.59 Å². The summed E-state index contributed by atoms with van der Waals surface area (Å²) >= 11 is 6.19. The molecular weight excluding hydrogens is 1480 g/mol. The molecule has 4 atom stereocenters. The normalized spacial score (nSPS) is 22.0. The van der Waals surface area contributed by atoms with E-state index in [1.54, 1.807) is 24.3 Å². The standard InChI is InChI=1S/C34H32F3NO5S.C26H23F12NO6S.C12H10O2S/c1-40-33(39)24-11-8-21-17-26(13-12-20(21)14-24)44-32-22-9-10-23(32)16-25(15-22)41-18-28-30(38-43-31(28)19-6-7-19)27-4-2-3-5-29(27)42-34(35,36)37;27-22(28,24(31,32)33)23(29,30)25(34,35)46(40,41)45-20-13-7-8-14(20)10-15(9-13)42-11-17-19(39-44-21(17)12-5-6-12)16-3-1-2-4-18(16)43-26(36,37)38;1-14-12(13)10-3-2-9-7-11(15)5-4-8(9)6-10/h2-5,8,11-14,17,19,22-23,25,32H,6-7,9-10,15-16,18H2,1H3;1-4,12-15,20H,5-11H2;2-7,15H,1H3. The van der Waals surface area contributed by atoms with Crippen molar-refractivity contribution >= 4 is 68.0 Å². The average molecular weight is 1550 g/mol. The quantitative estimate of drug-likeness (QED) is 0.0310. The van der Waals surface area contributed by atoms with E-state index in [1.807, 2.05) is 54.2 Å². The van der Waals surface area contributed by atoms with E-state index in [4.69, 9.17) is 23.3 Å². The largest absolute Gasteiger partial charge is 0.573 e. The number of halogens is 15. The van der Waals surface area contributed by atoms with Crippen molar-refractivity contribution in [2.45, 2.75) is 171 Å². The van der Waals surface area contributed by atoms with Crippen LogP contribution >= 0.6 is 24.4 Å². The van der Waals surface area contributed by atoms with Crippen LogP contribution in [0.15, 0.2) is 140 Å². The number of hydrogen-bond donors (Lipinski definition) is 1. The minimum atomic E-state index is -7.41. The van der Waals surface area contributed by atoms with E-state index in [-0.39, 0.29) is 91.3 Å². The molecule has 6 saturated carbocycles. The highest BCUT2D eigenvalue weighted by atomic mass is 32.2. The predicted molar refractivity (Wildman–Crippen MR) is 351 cm³/mol. The Bertz CT molecular complexity index is 4570. The Labute approximate surface area is 599 Å². The van der Waals surface area contributed by atoms with Crippen LogP contribution < -0.4 is 9.47 Å². The van der Waals surface area contributed by atoms with Gasteiger partial charge in [-0.15, -0.1) is 50.7 Å². The summed E-state index contributed by atoms with van der Waals surface area (Å²) < 4.78 is 269. The van der Waals surface area contributed by atoms with E-state index in [9.17, 15) is 83.9 Å². The lowest BCUT2D eigenvalue weighted by molar-refractivity contribution is -0.383. The summed E-state index contributed by atoms with van der Waals surface area (Å²) in [5, 5.41) is 5.85. The Morgan fingerprint density at radius 3 is 1.36 bits per heavy atom. The SMILES string of the molecule is COC(=O)c1ccc2cc(S)ccc2c1.COC(=O)c1ccc2cc(SC3C4CCC3CC(OCc3c(-c5ccccc5OC(F)(F)F)noc3C3CC3)C4)ccc2c1.O=S(=O)(OC1C2CCC1CC(OCc1c(-c3ccccc3OC(F)(F)F)noc1C1CC1)C2)C(F)(F)C(F)(F)C(F)(F)C(F)(F)F. The Balaban J connectivity index is 0.000000165. The van der Waals surface area contributed by atoms with Crippen LogP contribution in [0.2, 0.25) is 0 Å². The summed E-state index contributed by atoms with van der Waals surface area (Å²) in [4.78, 5) is 25.3. The van der Waals surface area contributed by atoms with Crippen molar-refractivity contribution in [1.82, 2.24) is 10.3 Å². The smallest absolute Gasteiger partial charge is 0.465 e. The molecule has 6 aliphatic carbocycles. The van der Waals surface area contributed by atoms with Crippen molar-refractivity contribution < 1.29 is 126 Å². The zero-order chi connectivity index (χ0) is 75.3. The third kappa shape index (κ3) is 16.9. The van der Waals surface area contributed by atoms with E-state index in [1.165, 1.54) is 49.4 Å². The molecule has 0 aliphatic heterocycles. The van der Waals surface area contributed by atoms with E-state index in [2.05, 4.69) is 59.5 Å². The predicted octanol–water partition coefficient (Wildman–Crippen LogP) is 19.8. The molecule has 2 heterocycles. The molecule has 0 saturated heterocycles. The molecule has 4 unspecified atom stereocenters. The molecule has 0 radical (unpaired) electrons. The number of carbonyl (C=O) groups is 2. The number of esters is 2. The zero-order valence-electron chi connectivity index (χ0n) is 55.4. The van der Waals surface area contributed by atoms with Gasteiger partial charge in [0, 0.05) is 49.1 Å². The second kappa shape index (κ2) is 30.1. The highest BCUT2D eigenvalue weighted by Gasteiger charge is 2.86. The zero-order valence-corrected chi connectivity index (χ0v) is 57.9. The molecule has 0 amide bonds. The highest BCUT2D eigenvalue weighted by molar-refractivity contribution is 8.00. The Kier molecular flexibility index (Phi) is 22.1. The van der Waals surface area contributed by atoms with Crippen molar-refractivity contribution in [3.8, 4) is 34.0 Å². The maximum absolute atomic E-state index is 14.2. The molecular formula is C72H65F15N2O13S3. The Hall–Kier alpha value is -7.72. The van der Waals surface area contributed by atoms with E-state index in [0.717, 1.165) is 76.6 Å². The van der Waals surface area contributed by atoms with Gasteiger partial charge >= 0.3 is 58.1 Å². The molecule has 8 aromatic rings. The van der Waals surface area contributed by atoms with Gasteiger partial charge in [0.15, 0.2) is 0 Å². The molecule has 4 bridgehead atoms. The number of thiol groups is 1. The lowest BCUT2D eigenvalue weighted by Gasteiger charge is -2.37. The van der Waals surface area contributed by atoms with Crippen LogP contribution in [0, 0.1) is 23.7 Å². The maximum atomic E-state index is 14.2. The first-order chi connectivity index (χ1) is 49.5. The lowest BCUT2D eigenvalue weighted by Crippen LogP contribution is -2.63. The van der Waals surface area contributed by atoms with Crippen molar-refractivity contribution in [2.75, 3.05) is 14.2 Å². The number of methoxy groups -OCH3 is 2. The van der Waals surface area contributed by atoms with E-state index < -0.39 is 75.9 Å². The van der Waals surface area contributed by atoms with Gasteiger partial charge in [0.1, 0.15) is 34.4 Å². The number of fused-ring (bicyclic) bond motifs is 6. The summed E-state index contributed by atoms with van der Waals surface area (Å²) in [5.74, 6) is -16.0. The maximum Gasteiger partial charge on any atom is 0.573 e. The van der Waals surface area contributed by atoms with Gasteiger partial charge in [-0.3, -0.25) is 4.18 Å². The number of carbonyl (C=O) groups excluding carboxylic acids is 2. The van der Waals surface area contributed by atoms with Crippen LogP contribution in [0.4, 0.5) is 65.9 Å². The molecule has 15 nitrogen and oxygen atoms in total. The molecule has 6 aliphatic rings. The fourth-order valence-corrected chi connectivity index (χ4v) is 17.1. The van der Waals surface area contributed by atoms with Crippen LogP contribution in [-0.2, 0) is 46.5 Å². The summed E-state index contributed by atoms with van der Waals surface area (Å²) in [5.41, 5.74) is 2.65. The number of para-hydroxylation sites is 2. The average Bonchev–Trinajstić information content (AvgIpc) is 1.68. The number of thioether (sulfide) groups is 1. The number of benzene rings is 6. The molecule has 6 fully saturated rings. The Morgan fingerprint density at radius 2 is 0.924 bits per heavy atom. The van der Waals surface area contributed by atoms with Gasteiger partial charge in [0.2, 0.25) is 0 Å². The molecule has 6 aromatic carbocycles. The van der Waals surface area contributed by atoms with Gasteiger partial charge in [-0.2, -0.15) is 47.9 Å². The van der Waals surface area contributed by atoms with Crippen molar-refractivity contribution in [3.63, 3.8) is 0 Å². The second-order valence-corrected chi connectivity index (χ2v) is 30.0. The fraction of sp³-hybridized carbons (Fsp3) is 0.444. The third-order valence-corrected chi connectivity index (χ3v) is 22.8. The number of nitrogens with zero attached hydrogens (tertiary/aromatic N) is 2. The summed E-state index contributed by atoms with van der Waals surface area (Å²) in [6.07, 6.45) is -12.0. The van der Waals surface area contributed by atoms with Gasteiger partial charge in [0.05, 0.1) is 56.9 Å². The molecule has 33 heteroatoms. The second-order valence-electron chi connectivity index (χ2n) is 26.6. The van der Waals surface area contributed by atoms with Crippen molar-refractivity contribution in [1.29, 1.82) is 0 Å². The lowest BCUT2D eigenvalue weighted by atomic mass is 9.84. The van der Waals surface area contributed by atoms with E-state index >= 15 is 0 Å². The molecule has 564 valence electrons. The first-order valence-electron chi connectivity index (χ1n) is 33.2. The van der Waals surface area contributed by atoms with Crippen LogP contribution in [-0.4, -0.2) is 104 Å². The van der Waals surface area contributed by atoms with Crippen LogP contribution in [0.5, 0.6) is 11.5 Å². The molecule has 0 spiro atoms. The van der Waals surface area contributed by atoms with Crippen LogP contribution in [0.25, 0.3) is 44.1 Å². The van der Waals surface area contributed by atoms with Gasteiger partial charge in [0.25, 0.3) is 0 Å². The fourth-order valence-electron chi connectivity index (χ4n) is 14.2. The van der Waals surface area contributed by atoms with Crippen LogP contribution in [0.3, 0.4) is 0 Å². The summed E-state index contributed by atoms with van der Waals surface area (Å²) in [6, 6.07) is 34.4. The summed E-state index contributed by atoms with van der Waals surface area (Å²) in [6.45, 7) is -0.0407. The molecule has 14 rings (SSSR count). The summed E-state index contributed by atoms with van der Waals surface area (Å²) in [7, 11) is -4.27. The molecule has 2 aromatic heterocycles. The van der Waals surface area contributed by atoms with Gasteiger partial charge in [-0.1, -0.05) is 58.8 Å². The third-order valence-electron chi connectivity index (χ3n) is 19.6. The van der Waals surface area contributed by atoms with E-state index in [0.29, 0.717) is 63.8 Å². The number of ether oxygens (including phenoxy) is 6.